The second-order valence-corrected chi connectivity index (χ2v) is 4.99. The number of carboxylic acid groups (broad SMARTS) is 1. The highest BCUT2D eigenvalue weighted by Gasteiger charge is 2.36. The third kappa shape index (κ3) is 3.47. The lowest BCUT2D eigenvalue weighted by molar-refractivity contribution is -0.138. The molecule has 0 unspecified atom stereocenters. The molecule has 1 heterocycles. The van der Waals surface area contributed by atoms with Gasteiger partial charge in [-0.05, 0) is 31.0 Å². The summed E-state index contributed by atoms with van der Waals surface area (Å²) < 4.78 is 44.2. The van der Waals surface area contributed by atoms with Crippen LogP contribution in [0, 0.1) is 0 Å². The molecule has 4 nitrogen and oxygen atoms in total. The van der Waals surface area contributed by atoms with Crippen molar-refractivity contribution in [2.75, 3.05) is 25.2 Å². The van der Waals surface area contributed by atoms with Crippen molar-refractivity contribution in [3.8, 4) is 0 Å². The largest absolute Gasteiger partial charge is 0.478 e. The zero-order chi connectivity index (χ0) is 15.6. The van der Waals surface area contributed by atoms with Crippen LogP contribution in [0.4, 0.5) is 18.9 Å². The number of hydrogen-bond acceptors (Lipinski definition) is 3. The molecule has 1 aliphatic heterocycles. The van der Waals surface area contributed by atoms with E-state index in [1.54, 1.807) is 11.9 Å². The van der Waals surface area contributed by atoms with Gasteiger partial charge in [0.05, 0.1) is 11.1 Å². The molecule has 0 aliphatic carbocycles. The van der Waals surface area contributed by atoms with Gasteiger partial charge in [-0.25, -0.2) is 4.79 Å². The maximum Gasteiger partial charge on any atom is 0.417 e. The number of nitrogens with zero attached hydrogens (tertiary/aromatic N) is 1. The quantitative estimate of drug-likeness (QED) is 0.932. The number of anilines is 1. The van der Waals surface area contributed by atoms with Crippen molar-refractivity contribution in [2.24, 2.45) is 0 Å². The molecular weight excluding hydrogens is 287 g/mol. The van der Waals surface area contributed by atoms with Gasteiger partial charge < -0.3 is 14.7 Å². The Morgan fingerprint density at radius 3 is 2.48 bits per heavy atom. The highest BCUT2D eigenvalue weighted by Crippen LogP contribution is 2.35. The Bertz CT molecular complexity index is 525. The Kier molecular flexibility index (Phi) is 4.41. The van der Waals surface area contributed by atoms with E-state index < -0.39 is 23.3 Å². The lowest BCUT2D eigenvalue weighted by atomic mass is 10.0. The second kappa shape index (κ2) is 5.93. The van der Waals surface area contributed by atoms with Gasteiger partial charge in [-0.1, -0.05) is 0 Å². The molecule has 2 rings (SSSR count). The Labute approximate surface area is 120 Å². The van der Waals surface area contributed by atoms with Crippen LogP contribution in [0.15, 0.2) is 18.2 Å². The number of carbonyl (C=O) groups is 1. The van der Waals surface area contributed by atoms with E-state index in [-0.39, 0.29) is 6.04 Å². The zero-order valence-corrected chi connectivity index (χ0v) is 11.5. The van der Waals surface area contributed by atoms with Crippen molar-refractivity contribution < 1.29 is 27.8 Å². The Morgan fingerprint density at radius 2 is 1.95 bits per heavy atom. The van der Waals surface area contributed by atoms with Gasteiger partial charge in [0, 0.05) is 32.0 Å². The molecule has 116 valence electrons. The van der Waals surface area contributed by atoms with E-state index in [4.69, 9.17) is 9.84 Å². The summed E-state index contributed by atoms with van der Waals surface area (Å²) in [5, 5.41) is 8.88. The van der Waals surface area contributed by atoms with Crippen molar-refractivity contribution in [2.45, 2.75) is 25.1 Å². The Balaban J connectivity index is 2.34. The Hall–Kier alpha value is -1.76. The van der Waals surface area contributed by atoms with Crippen LogP contribution in [0.3, 0.4) is 0 Å². The van der Waals surface area contributed by atoms with E-state index in [1.165, 1.54) is 6.07 Å². The molecule has 0 saturated carbocycles. The van der Waals surface area contributed by atoms with Crippen LogP contribution >= 0.6 is 0 Å². The van der Waals surface area contributed by atoms with Gasteiger partial charge >= 0.3 is 12.1 Å². The molecule has 0 spiro atoms. The summed E-state index contributed by atoms with van der Waals surface area (Å²) in [6, 6.07) is 3.42. The summed E-state index contributed by atoms with van der Waals surface area (Å²) in [6.45, 7) is 1.16. The van der Waals surface area contributed by atoms with Crippen LogP contribution < -0.4 is 4.90 Å². The summed E-state index contributed by atoms with van der Waals surface area (Å²) in [4.78, 5) is 12.7. The van der Waals surface area contributed by atoms with Gasteiger partial charge in [0.25, 0.3) is 0 Å². The fourth-order valence-corrected chi connectivity index (χ4v) is 2.46. The van der Waals surface area contributed by atoms with Gasteiger partial charge in [0.2, 0.25) is 0 Å². The van der Waals surface area contributed by atoms with Crippen LogP contribution in [-0.2, 0) is 10.9 Å². The SMILES string of the molecule is CN(c1ccc(C(=O)O)c(C(F)(F)F)c1)C1CCOCC1. The number of rotatable bonds is 3. The Morgan fingerprint density at radius 1 is 1.33 bits per heavy atom. The maximum atomic E-state index is 13.0. The topological polar surface area (TPSA) is 49.8 Å². The average Bonchev–Trinajstić information content (AvgIpc) is 2.45. The first kappa shape index (κ1) is 15.6. The molecule has 0 aromatic heterocycles. The second-order valence-electron chi connectivity index (χ2n) is 4.99. The predicted molar refractivity (Wildman–Crippen MR) is 70.6 cm³/mol. The number of hydrogen-bond donors (Lipinski definition) is 1. The van der Waals surface area contributed by atoms with Gasteiger partial charge in [-0.3, -0.25) is 0 Å². The summed E-state index contributed by atoms with van der Waals surface area (Å²) in [5.74, 6) is -1.58. The first-order chi connectivity index (χ1) is 9.80. The fraction of sp³-hybridized carbons (Fsp3) is 0.500. The molecule has 0 amide bonds. The van der Waals surface area contributed by atoms with E-state index in [1.807, 2.05) is 0 Å². The van der Waals surface area contributed by atoms with Crippen molar-refractivity contribution in [3.63, 3.8) is 0 Å². The minimum atomic E-state index is -4.69. The summed E-state index contributed by atoms with van der Waals surface area (Å²) in [5.41, 5.74) is -1.49. The number of halogens is 3. The molecular formula is C14H16F3NO3. The van der Waals surface area contributed by atoms with Crippen molar-refractivity contribution in [3.05, 3.63) is 29.3 Å². The molecule has 1 N–H and O–H groups in total. The summed E-state index contributed by atoms with van der Waals surface area (Å²) >= 11 is 0. The van der Waals surface area contributed by atoms with Gasteiger partial charge in [0.1, 0.15) is 0 Å². The first-order valence-electron chi connectivity index (χ1n) is 6.56. The van der Waals surface area contributed by atoms with Gasteiger partial charge in [-0.15, -0.1) is 0 Å². The van der Waals surface area contributed by atoms with Crippen LogP contribution in [0.1, 0.15) is 28.8 Å². The summed E-state index contributed by atoms with van der Waals surface area (Å²) in [6.07, 6.45) is -3.22. The number of ether oxygens (including phenoxy) is 1. The standard InChI is InChI=1S/C14H16F3NO3/c1-18(9-4-6-21-7-5-9)10-2-3-11(13(19)20)12(8-10)14(15,16)17/h2-3,8-9H,4-7H2,1H3,(H,19,20). The molecule has 7 heteroatoms. The zero-order valence-electron chi connectivity index (χ0n) is 11.5. The maximum absolute atomic E-state index is 13.0. The monoisotopic (exact) mass is 303 g/mol. The minimum Gasteiger partial charge on any atom is -0.478 e. The third-order valence-electron chi connectivity index (χ3n) is 3.68. The molecule has 1 fully saturated rings. The fourth-order valence-electron chi connectivity index (χ4n) is 2.46. The molecule has 0 radical (unpaired) electrons. The van der Waals surface area contributed by atoms with Crippen LogP contribution in [0.2, 0.25) is 0 Å². The highest BCUT2D eigenvalue weighted by molar-refractivity contribution is 5.90. The van der Waals surface area contributed by atoms with E-state index in [2.05, 4.69) is 0 Å². The predicted octanol–water partition coefficient (Wildman–Crippen LogP) is 3.02. The van der Waals surface area contributed by atoms with Crippen molar-refractivity contribution in [1.82, 2.24) is 0 Å². The van der Waals surface area contributed by atoms with E-state index in [9.17, 15) is 18.0 Å². The average molecular weight is 303 g/mol. The van der Waals surface area contributed by atoms with E-state index in [0.717, 1.165) is 25.0 Å². The molecule has 1 aliphatic rings. The van der Waals surface area contributed by atoms with Gasteiger partial charge in [-0.2, -0.15) is 13.2 Å². The molecule has 21 heavy (non-hydrogen) atoms. The lowest BCUT2D eigenvalue weighted by Gasteiger charge is -2.33. The number of benzene rings is 1. The van der Waals surface area contributed by atoms with Crippen LogP contribution in [0.5, 0.6) is 0 Å². The lowest BCUT2D eigenvalue weighted by Crippen LogP contribution is -2.36. The molecule has 0 atom stereocenters. The first-order valence-corrected chi connectivity index (χ1v) is 6.56. The highest BCUT2D eigenvalue weighted by atomic mass is 19.4. The third-order valence-corrected chi connectivity index (χ3v) is 3.68. The minimum absolute atomic E-state index is 0.0931. The normalized spacial score (nSPS) is 16.8. The van der Waals surface area contributed by atoms with E-state index in [0.29, 0.717) is 18.9 Å². The molecule has 1 aromatic rings. The molecule has 0 bridgehead atoms. The van der Waals surface area contributed by atoms with E-state index >= 15 is 0 Å². The van der Waals surface area contributed by atoms with Crippen molar-refractivity contribution in [1.29, 1.82) is 0 Å². The number of carboxylic acids is 1. The van der Waals surface area contributed by atoms with Crippen LogP contribution in [-0.4, -0.2) is 37.4 Å². The number of aromatic carboxylic acids is 1. The smallest absolute Gasteiger partial charge is 0.417 e. The molecule has 1 aromatic carbocycles. The van der Waals surface area contributed by atoms with Crippen molar-refractivity contribution >= 4 is 11.7 Å². The summed E-state index contributed by atoms with van der Waals surface area (Å²) in [7, 11) is 1.71. The van der Waals surface area contributed by atoms with Gasteiger partial charge in [0.15, 0.2) is 0 Å². The molecule has 1 saturated heterocycles. The number of alkyl halides is 3. The van der Waals surface area contributed by atoms with Crippen LogP contribution in [0.25, 0.3) is 0 Å².